The van der Waals surface area contributed by atoms with Gasteiger partial charge in [-0.2, -0.15) is 0 Å². The first kappa shape index (κ1) is 20.5. The van der Waals surface area contributed by atoms with Gasteiger partial charge < -0.3 is 11.1 Å². The molecule has 1 spiro atoms. The molecule has 9 heteroatoms. The van der Waals surface area contributed by atoms with E-state index in [1.54, 1.807) is 6.07 Å². The summed E-state index contributed by atoms with van der Waals surface area (Å²) < 4.78 is 0. The maximum atomic E-state index is 13.8. The van der Waals surface area contributed by atoms with Gasteiger partial charge in [0, 0.05) is 24.1 Å². The highest BCUT2D eigenvalue weighted by Crippen LogP contribution is 2.55. The number of hydrogen-bond acceptors (Lipinski definition) is 5. The van der Waals surface area contributed by atoms with Crippen LogP contribution in [0.1, 0.15) is 49.7 Å². The lowest BCUT2D eigenvalue weighted by Crippen LogP contribution is -2.54. The summed E-state index contributed by atoms with van der Waals surface area (Å²) in [7, 11) is 0. The number of rotatable bonds is 3. The van der Waals surface area contributed by atoms with Crippen LogP contribution >= 0.6 is 11.6 Å². The van der Waals surface area contributed by atoms with Gasteiger partial charge in [-0.3, -0.25) is 29.4 Å². The van der Waals surface area contributed by atoms with E-state index in [2.05, 4.69) is 10.6 Å². The van der Waals surface area contributed by atoms with Crippen molar-refractivity contribution in [1.29, 1.82) is 0 Å². The molecule has 1 aliphatic carbocycles. The molecule has 4 N–H and O–H groups in total. The zero-order valence-electron chi connectivity index (χ0n) is 17.2. The summed E-state index contributed by atoms with van der Waals surface area (Å²) in [5, 5.41) is 6.39. The minimum absolute atomic E-state index is 0.136. The van der Waals surface area contributed by atoms with Gasteiger partial charge in [0.1, 0.15) is 5.54 Å². The van der Waals surface area contributed by atoms with E-state index in [4.69, 9.17) is 17.3 Å². The topological polar surface area (TPSA) is 122 Å². The number of aryl methyl sites for hydroxylation is 1. The van der Waals surface area contributed by atoms with Gasteiger partial charge in [-0.05, 0) is 31.4 Å². The van der Waals surface area contributed by atoms with Crippen LogP contribution in [-0.4, -0.2) is 40.6 Å². The summed E-state index contributed by atoms with van der Waals surface area (Å²) in [6, 6.07) is 2.69. The number of benzene rings is 1. The number of imide groups is 1. The molecule has 0 aromatic heterocycles. The molecule has 4 atom stereocenters. The van der Waals surface area contributed by atoms with Crippen molar-refractivity contribution < 1.29 is 19.2 Å². The predicted molar refractivity (Wildman–Crippen MR) is 113 cm³/mol. The molecule has 4 amide bonds. The van der Waals surface area contributed by atoms with Gasteiger partial charge in [0.15, 0.2) is 0 Å². The van der Waals surface area contributed by atoms with Crippen LogP contribution < -0.4 is 16.4 Å². The van der Waals surface area contributed by atoms with Crippen molar-refractivity contribution in [2.45, 2.75) is 63.1 Å². The smallest absolute Gasteiger partial charge is 0.250 e. The Bertz CT molecular complexity index is 1020. The third-order valence-electron chi connectivity index (χ3n) is 7.32. The van der Waals surface area contributed by atoms with E-state index in [-0.39, 0.29) is 24.3 Å². The van der Waals surface area contributed by atoms with Crippen LogP contribution in [0.5, 0.6) is 0 Å². The highest BCUT2D eigenvalue weighted by molar-refractivity contribution is 6.35. The van der Waals surface area contributed by atoms with E-state index < -0.39 is 35.2 Å². The number of nitrogens with zero attached hydrogens (tertiary/aromatic N) is 1. The molecule has 0 radical (unpaired) electrons. The molecule has 1 aromatic carbocycles. The van der Waals surface area contributed by atoms with Gasteiger partial charge in [-0.15, -0.1) is 0 Å². The molecule has 0 unspecified atom stereocenters. The number of nitrogens with one attached hydrogen (secondary N) is 2. The highest BCUT2D eigenvalue weighted by Gasteiger charge is 2.71. The first-order valence-electron chi connectivity index (χ1n) is 10.8. The minimum atomic E-state index is -1.45. The minimum Gasteiger partial charge on any atom is -0.370 e. The van der Waals surface area contributed by atoms with Crippen molar-refractivity contribution in [3.63, 3.8) is 0 Å². The monoisotopic (exact) mass is 444 g/mol. The van der Waals surface area contributed by atoms with E-state index in [1.165, 1.54) is 4.90 Å². The lowest BCUT2D eigenvalue weighted by molar-refractivity contribution is -0.146. The van der Waals surface area contributed by atoms with Crippen molar-refractivity contribution in [3.05, 3.63) is 28.3 Å². The zero-order chi connectivity index (χ0) is 22.1. The molecule has 2 saturated heterocycles. The Labute approximate surface area is 184 Å². The molecule has 164 valence electrons. The summed E-state index contributed by atoms with van der Waals surface area (Å²) in [6.07, 6.45) is 4.41. The molecule has 0 bridgehead atoms. The molecule has 5 rings (SSSR count). The van der Waals surface area contributed by atoms with E-state index >= 15 is 0 Å². The van der Waals surface area contributed by atoms with Crippen LogP contribution in [0.4, 0.5) is 5.69 Å². The predicted octanol–water partition coefficient (Wildman–Crippen LogP) is 1.58. The highest BCUT2D eigenvalue weighted by atomic mass is 35.5. The second-order valence-corrected chi connectivity index (χ2v) is 9.60. The lowest BCUT2D eigenvalue weighted by Gasteiger charge is -2.33. The van der Waals surface area contributed by atoms with Crippen LogP contribution in [0.25, 0.3) is 0 Å². The summed E-state index contributed by atoms with van der Waals surface area (Å²) >= 11 is 6.40. The molecule has 1 aromatic rings. The standard InChI is InChI=1S/C22H25ClN4O4/c1-10-7-12-18(13(23)8-10)25-21(31)22(12)17-16(14(26-22)9-15(24)28)19(29)27(20(17)30)11-5-3-2-4-6-11/h7-8,11,14,16-17,26H,2-6,9H2,1H3,(H2,24,28)(H,25,31)/t14-,16+,17-,22-/m0/s1. The van der Waals surface area contributed by atoms with E-state index in [1.807, 2.05) is 13.0 Å². The Morgan fingerprint density at radius 2 is 1.90 bits per heavy atom. The number of halogens is 1. The number of primary amides is 1. The van der Waals surface area contributed by atoms with E-state index in [9.17, 15) is 19.2 Å². The van der Waals surface area contributed by atoms with Crippen molar-refractivity contribution >= 4 is 40.9 Å². The summed E-state index contributed by atoms with van der Waals surface area (Å²) in [4.78, 5) is 53.9. The van der Waals surface area contributed by atoms with Gasteiger partial charge in [-0.25, -0.2) is 0 Å². The number of amides is 4. The van der Waals surface area contributed by atoms with Crippen LogP contribution in [0.3, 0.4) is 0 Å². The Balaban J connectivity index is 1.65. The number of carbonyl (C=O) groups is 4. The molecule has 1 saturated carbocycles. The average molecular weight is 445 g/mol. The van der Waals surface area contributed by atoms with E-state index in [0.29, 0.717) is 16.3 Å². The Morgan fingerprint density at radius 1 is 1.19 bits per heavy atom. The number of likely N-dealkylation sites (tertiary alicyclic amines) is 1. The molecular weight excluding hydrogens is 420 g/mol. The third-order valence-corrected chi connectivity index (χ3v) is 7.61. The van der Waals surface area contributed by atoms with Crippen molar-refractivity contribution in [2.24, 2.45) is 17.6 Å². The number of anilines is 1. The summed E-state index contributed by atoms with van der Waals surface area (Å²) in [6.45, 7) is 1.85. The second kappa shape index (κ2) is 7.03. The lowest BCUT2D eigenvalue weighted by atomic mass is 9.76. The largest absolute Gasteiger partial charge is 0.370 e. The summed E-state index contributed by atoms with van der Waals surface area (Å²) in [5.74, 6) is -3.43. The average Bonchev–Trinajstić information content (AvgIpc) is 3.28. The van der Waals surface area contributed by atoms with Gasteiger partial charge in [-0.1, -0.05) is 36.9 Å². The first-order valence-corrected chi connectivity index (χ1v) is 11.2. The van der Waals surface area contributed by atoms with Crippen molar-refractivity contribution in [2.75, 3.05) is 5.32 Å². The van der Waals surface area contributed by atoms with Crippen LogP contribution in [-0.2, 0) is 24.7 Å². The Kier molecular flexibility index (Phi) is 4.64. The van der Waals surface area contributed by atoms with Crippen molar-refractivity contribution in [1.82, 2.24) is 10.2 Å². The molecule has 3 fully saturated rings. The van der Waals surface area contributed by atoms with Crippen LogP contribution in [0, 0.1) is 18.8 Å². The maximum absolute atomic E-state index is 13.8. The first-order chi connectivity index (χ1) is 14.8. The summed E-state index contributed by atoms with van der Waals surface area (Å²) in [5.41, 5.74) is 5.84. The SMILES string of the molecule is Cc1cc(Cl)c2c(c1)[C@@]1(N[C@@H](CC(N)=O)[C@H]3C(=O)N(C4CCCCC4)C(=O)[C@H]31)C(=O)N2. The third kappa shape index (κ3) is 2.77. The van der Waals surface area contributed by atoms with Gasteiger partial charge in [0.25, 0.3) is 0 Å². The molecule has 3 heterocycles. The molecule has 31 heavy (non-hydrogen) atoms. The number of hydrogen-bond donors (Lipinski definition) is 3. The molecule has 3 aliphatic heterocycles. The second-order valence-electron chi connectivity index (χ2n) is 9.19. The fourth-order valence-electron chi connectivity index (χ4n) is 6.11. The van der Waals surface area contributed by atoms with Crippen LogP contribution in [0.15, 0.2) is 12.1 Å². The van der Waals surface area contributed by atoms with Crippen molar-refractivity contribution in [3.8, 4) is 0 Å². The molecular formula is C22H25ClN4O4. The van der Waals surface area contributed by atoms with Crippen LogP contribution in [0.2, 0.25) is 5.02 Å². The maximum Gasteiger partial charge on any atom is 0.250 e. The molecule has 8 nitrogen and oxygen atoms in total. The fourth-order valence-corrected chi connectivity index (χ4v) is 6.43. The van der Waals surface area contributed by atoms with Gasteiger partial charge >= 0.3 is 0 Å². The normalized spacial score (nSPS) is 32.5. The fraction of sp³-hybridized carbons (Fsp3) is 0.545. The van der Waals surface area contributed by atoms with Gasteiger partial charge in [0.05, 0.1) is 22.5 Å². The molecule has 4 aliphatic rings. The number of nitrogens with two attached hydrogens (primary N) is 1. The number of carbonyl (C=O) groups excluding carboxylic acids is 4. The zero-order valence-corrected chi connectivity index (χ0v) is 18.0. The Hall–Kier alpha value is -2.45. The van der Waals surface area contributed by atoms with E-state index in [0.717, 1.165) is 37.7 Å². The Morgan fingerprint density at radius 3 is 2.58 bits per heavy atom. The number of fused-ring (bicyclic) bond motifs is 4. The quantitative estimate of drug-likeness (QED) is 0.611. The van der Waals surface area contributed by atoms with Gasteiger partial charge in [0.2, 0.25) is 23.6 Å².